The Balaban J connectivity index is 1.66. The lowest BCUT2D eigenvalue weighted by atomic mass is 10.2. The number of hydrogen-bond acceptors (Lipinski definition) is 3. The molecule has 0 radical (unpaired) electrons. The van der Waals surface area contributed by atoms with E-state index in [1.54, 1.807) is 41.7 Å². The van der Waals surface area contributed by atoms with Crippen molar-refractivity contribution < 1.29 is 9.59 Å². The molecule has 24 heavy (non-hydrogen) atoms. The summed E-state index contributed by atoms with van der Waals surface area (Å²) in [4.78, 5) is 30.4. The maximum atomic E-state index is 12.5. The van der Waals surface area contributed by atoms with Gasteiger partial charge in [0, 0.05) is 36.7 Å². The van der Waals surface area contributed by atoms with Crippen LogP contribution in [0.3, 0.4) is 0 Å². The van der Waals surface area contributed by atoms with Crippen molar-refractivity contribution in [2.45, 2.75) is 25.4 Å². The maximum absolute atomic E-state index is 12.5. The molecular weight excluding hydrogens is 304 g/mol. The molecule has 0 saturated carbocycles. The van der Waals surface area contributed by atoms with Gasteiger partial charge in [-0.1, -0.05) is 12.0 Å². The van der Waals surface area contributed by atoms with Gasteiger partial charge in [-0.05, 0) is 31.0 Å². The third-order valence-corrected chi connectivity index (χ3v) is 4.10. The monoisotopic (exact) mass is 322 g/mol. The van der Waals surface area contributed by atoms with Gasteiger partial charge in [0.1, 0.15) is 0 Å². The van der Waals surface area contributed by atoms with E-state index in [0.717, 1.165) is 12.8 Å². The lowest BCUT2D eigenvalue weighted by Gasteiger charge is -2.24. The Labute approximate surface area is 140 Å². The van der Waals surface area contributed by atoms with Crippen LogP contribution in [0.4, 0.5) is 5.69 Å². The zero-order chi connectivity index (χ0) is 16.9. The molecule has 1 aromatic heterocycles. The number of benzene rings is 1. The minimum absolute atomic E-state index is 0.00879. The van der Waals surface area contributed by atoms with Gasteiger partial charge in [0.2, 0.25) is 0 Å². The molecule has 2 aromatic rings. The summed E-state index contributed by atoms with van der Waals surface area (Å²) in [6.45, 7) is 1.24. The van der Waals surface area contributed by atoms with Crippen LogP contribution in [0.15, 0.2) is 43.0 Å². The zero-order valence-electron chi connectivity index (χ0n) is 13.2. The average Bonchev–Trinajstić information content (AvgIpc) is 3.26. The minimum Gasteiger partial charge on any atom is -0.335 e. The van der Waals surface area contributed by atoms with Crippen molar-refractivity contribution in [2.24, 2.45) is 0 Å². The van der Waals surface area contributed by atoms with Crippen LogP contribution in [0.1, 0.15) is 18.4 Å². The minimum atomic E-state index is -0.637. The Morgan fingerprint density at radius 2 is 2.29 bits per heavy atom. The van der Waals surface area contributed by atoms with E-state index >= 15 is 0 Å². The summed E-state index contributed by atoms with van der Waals surface area (Å²) < 4.78 is 1.92. The number of carbonyl (C=O) groups excluding carboxylic acids is 2. The number of imidazole rings is 1. The molecule has 2 heterocycles. The number of carbonyl (C=O) groups is 2. The fourth-order valence-electron chi connectivity index (χ4n) is 2.93. The molecule has 1 saturated heterocycles. The van der Waals surface area contributed by atoms with E-state index < -0.39 is 11.8 Å². The van der Waals surface area contributed by atoms with E-state index in [1.165, 1.54) is 0 Å². The first kappa shape index (κ1) is 15.8. The van der Waals surface area contributed by atoms with Crippen molar-refractivity contribution in [2.75, 3.05) is 11.9 Å². The Morgan fingerprint density at radius 1 is 1.42 bits per heavy atom. The molecular formula is C18H18N4O2. The second-order valence-electron chi connectivity index (χ2n) is 5.73. The lowest BCUT2D eigenvalue weighted by Crippen LogP contribution is -2.44. The molecule has 1 aliphatic rings. The van der Waals surface area contributed by atoms with Crippen LogP contribution in [0, 0.1) is 12.3 Å². The number of nitrogens with one attached hydrogen (secondary N) is 1. The molecule has 0 spiro atoms. The van der Waals surface area contributed by atoms with Crippen molar-refractivity contribution in [1.82, 2.24) is 14.5 Å². The van der Waals surface area contributed by atoms with Crippen molar-refractivity contribution in [3.8, 4) is 12.3 Å². The van der Waals surface area contributed by atoms with Crippen LogP contribution in [0.25, 0.3) is 0 Å². The Bertz CT molecular complexity index is 777. The molecule has 6 nitrogen and oxygen atoms in total. The fraction of sp³-hybridized carbons (Fsp3) is 0.278. The summed E-state index contributed by atoms with van der Waals surface area (Å²) >= 11 is 0. The molecule has 0 aliphatic carbocycles. The highest BCUT2D eigenvalue weighted by atomic mass is 16.2. The summed E-state index contributed by atoms with van der Waals surface area (Å²) in [5, 5.41) is 2.63. The van der Waals surface area contributed by atoms with Gasteiger partial charge in [-0.2, -0.15) is 0 Å². The zero-order valence-corrected chi connectivity index (χ0v) is 13.2. The first-order valence-electron chi connectivity index (χ1n) is 7.82. The summed E-state index contributed by atoms with van der Waals surface area (Å²) in [7, 11) is 0. The van der Waals surface area contributed by atoms with Crippen molar-refractivity contribution in [3.63, 3.8) is 0 Å². The van der Waals surface area contributed by atoms with Crippen LogP contribution in [-0.4, -0.2) is 38.9 Å². The van der Waals surface area contributed by atoms with Crippen LogP contribution in [0.2, 0.25) is 0 Å². The highest BCUT2D eigenvalue weighted by molar-refractivity contribution is 6.39. The number of rotatable bonds is 3. The number of anilines is 1. The first-order chi connectivity index (χ1) is 11.7. The largest absolute Gasteiger partial charge is 0.335 e. The summed E-state index contributed by atoms with van der Waals surface area (Å²) in [5.41, 5.74) is 1.17. The highest BCUT2D eigenvalue weighted by Crippen LogP contribution is 2.20. The molecule has 1 N–H and O–H groups in total. The number of terminal acetylenes is 1. The van der Waals surface area contributed by atoms with Crippen LogP contribution in [0.5, 0.6) is 0 Å². The standard InChI is InChI=1S/C18H18N4O2/c1-2-14-5-3-6-15(11-14)20-17(23)18(24)22-9-4-7-16(22)12-21-10-8-19-13-21/h1,3,5-6,8,10-11,13,16H,4,7,9,12H2,(H,20,23). The van der Waals surface area contributed by atoms with Gasteiger partial charge in [-0.3, -0.25) is 9.59 Å². The van der Waals surface area contributed by atoms with Gasteiger partial charge in [0.05, 0.1) is 12.4 Å². The quantitative estimate of drug-likeness (QED) is 0.688. The second-order valence-corrected chi connectivity index (χ2v) is 5.73. The lowest BCUT2D eigenvalue weighted by molar-refractivity contribution is -0.143. The molecule has 1 aliphatic heterocycles. The van der Waals surface area contributed by atoms with E-state index in [4.69, 9.17) is 6.42 Å². The predicted octanol–water partition coefficient (Wildman–Crippen LogP) is 1.49. The number of amides is 2. The van der Waals surface area contributed by atoms with Crippen molar-refractivity contribution in [1.29, 1.82) is 0 Å². The number of aromatic nitrogens is 2. The Hall–Kier alpha value is -3.07. The van der Waals surface area contributed by atoms with Crippen molar-refractivity contribution >= 4 is 17.5 Å². The van der Waals surface area contributed by atoms with Crippen LogP contribution < -0.4 is 5.32 Å². The molecule has 2 amide bonds. The third kappa shape index (κ3) is 3.46. The average molecular weight is 322 g/mol. The Morgan fingerprint density at radius 3 is 3.04 bits per heavy atom. The molecule has 1 fully saturated rings. The second kappa shape index (κ2) is 7.01. The van der Waals surface area contributed by atoms with Gasteiger partial charge in [-0.15, -0.1) is 6.42 Å². The first-order valence-corrected chi connectivity index (χ1v) is 7.82. The van der Waals surface area contributed by atoms with Crippen LogP contribution in [-0.2, 0) is 16.1 Å². The van der Waals surface area contributed by atoms with E-state index in [0.29, 0.717) is 24.3 Å². The van der Waals surface area contributed by atoms with E-state index in [2.05, 4.69) is 16.2 Å². The van der Waals surface area contributed by atoms with Crippen molar-refractivity contribution in [3.05, 3.63) is 48.5 Å². The molecule has 1 atom stereocenters. The number of likely N-dealkylation sites (tertiary alicyclic amines) is 1. The highest BCUT2D eigenvalue weighted by Gasteiger charge is 2.32. The fourth-order valence-corrected chi connectivity index (χ4v) is 2.93. The molecule has 0 bridgehead atoms. The Kier molecular flexibility index (Phi) is 4.62. The maximum Gasteiger partial charge on any atom is 0.313 e. The summed E-state index contributed by atoms with van der Waals surface area (Å²) in [6.07, 6.45) is 12.4. The van der Waals surface area contributed by atoms with Crippen LogP contribution >= 0.6 is 0 Å². The smallest absolute Gasteiger partial charge is 0.313 e. The normalized spacial score (nSPS) is 16.6. The van der Waals surface area contributed by atoms with Gasteiger partial charge in [0.25, 0.3) is 0 Å². The molecule has 6 heteroatoms. The van der Waals surface area contributed by atoms with Gasteiger partial charge in [0.15, 0.2) is 0 Å². The van der Waals surface area contributed by atoms with E-state index in [9.17, 15) is 9.59 Å². The molecule has 1 unspecified atom stereocenters. The number of nitrogens with zero attached hydrogens (tertiary/aromatic N) is 3. The van der Waals surface area contributed by atoms with E-state index in [1.807, 2.05) is 10.8 Å². The van der Waals surface area contributed by atoms with Gasteiger partial charge < -0.3 is 14.8 Å². The predicted molar refractivity (Wildman–Crippen MR) is 90.0 cm³/mol. The molecule has 3 rings (SSSR count). The number of hydrogen-bond donors (Lipinski definition) is 1. The third-order valence-electron chi connectivity index (χ3n) is 4.10. The van der Waals surface area contributed by atoms with Gasteiger partial charge >= 0.3 is 11.8 Å². The summed E-state index contributed by atoms with van der Waals surface area (Å²) in [5.74, 6) is 1.35. The molecule has 1 aromatic carbocycles. The van der Waals surface area contributed by atoms with E-state index in [-0.39, 0.29) is 6.04 Å². The van der Waals surface area contributed by atoms with Gasteiger partial charge in [-0.25, -0.2) is 4.98 Å². The summed E-state index contributed by atoms with van der Waals surface area (Å²) in [6, 6.07) is 6.89. The molecule has 122 valence electrons. The SMILES string of the molecule is C#Cc1cccc(NC(=O)C(=O)N2CCCC2Cn2ccnc2)c1. The topological polar surface area (TPSA) is 67.2 Å².